The lowest BCUT2D eigenvalue weighted by Gasteiger charge is -2.12. The fraction of sp³-hybridized carbons (Fsp3) is 1.00. The van der Waals surface area contributed by atoms with Crippen molar-refractivity contribution in [2.45, 2.75) is 13.3 Å². The molecule has 0 aliphatic carbocycles. The maximum atomic E-state index is 4.96. The van der Waals surface area contributed by atoms with E-state index in [-0.39, 0.29) is 0 Å². The summed E-state index contributed by atoms with van der Waals surface area (Å²) < 4.78 is 0. The normalized spacial score (nSPS) is 10.5. The van der Waals surface area contributed by atoms with E-state index in [1.807, 2.05) is 6.92 Å². The zero-order valence-electron chi connectivity index (χ0n) is 5.35. The monoisotopic (exact) mass is 119 g/mol. The molecule has 0 bridgehead atoms. The van der Waals surface area contributed by atoms with Crippen LogP contribution in [-0.2, 0) is 4.84 Å². The quantitative estimate of drug-likeness (QED) is 0.392. The van der Waals surface area contributed by atoms with Crippen LogP contribution < -0.4 is 11.4 Å². The SMILES string of the molecule is CCCON(C)NN. The Balaban J connectivity index is 2.86. The van der Waals surface area contributed by atoms with Crippen LogP contribution in [0.2, 0.25) is 0 Å². The molecule has 0 fully saturated rings. The first kappa shape index (κ1) is 7.84. The molecule has 0 atom stereocenters. The number of hydrazine groups is 2. The predicted octanol–water partition coefficient (Wildman–Crippen LogP) is -0.362. The third-order valence-corrected chi connectivity index (χ3v) is 0.671. The Bertz CT molecular complexity index is 50.5. The van der Waals surface area contributed by atoms with Crippen molar-refractivity contribution in [2.75, 3.05) is 13.7 Å². The molecule has 8 heavy (non-hydrogen) atoms. The molecule has 0 aliphatic heterocycles. The molecule has 0 saturated carbocycles. The van der Waals surface area contributed by atoms with Crippen molar-refractivity contribution in [2.24, 2.45) is 5.84 Å². The molecule has 0 saturated heterocycles. The van der Waals surface area contributed by atoms with Crippen LogP contribution in [0, 0.1) is 0 Å². The summed E-state index contributed by atoms with van der Waals surface area (Å²) >= 11 is 0. The van der Waals surface area contributed by atoms with Crippen molar-refractivity contribution in [1.29, 1.82) is 0 Å². The van der Waals surface area contributed by atoms with E-state index in [2.05, 4.69) is 5.53 Å². The van der Waals surface area contributed by atoms with E-state index in [1.165, 1.54) is 5.17 Å². The molecule has 0 rings (SSSR count). The summed E-state index contributed by atoms with van der Waals surface area (Å²) in [4.78, 5) is 4.94. The first-order valence-electron chi connectivity index (χ1n) is 2.64. The molecule has 50 valence electrons. The number of nitrogens with two attached hydrogens (primary N) is 1. The molecule has 0 unspecified atom stereocenters. The van der Waals surface area contributed by atoms with Crippen molar-refractivity contribution in [3.8, 4) is 0 Å². The van der Waals surface area contributed by atoms with Crippen molar-refractivity contribution >= 4 is 0 Å². The summed E-state index contributed by atoms with van der Waals surface area (Å²) in [6, 6.07) is 0. The van der Waals surface area contributed by atoms with E-state index in [4.69, 9.17) is 10.7 Å². The summed E-state index contributed by atoms with van der Waals surface area (Å²) in [5.74, 6) is 4.96. The van der Waals surface area contributed by atoms with Gasteiger partial charge in [-0.05, 0) is 6.42 Å². The minimum Gasteiger partial charge on any atom is -0.283 e. The molecule has 0 aromatic rings. The maximum Gasteiger partial charge on any atom is 0.0699 e. The summed E-state index contributed by atoms with van der Waals surface area (Å²) in [6.07, 6.45) is 0.992. The summed E-state index contributed by atoms with van der Waals surface area (Å²) in [7, 11) is 1.70. The van der Waals surface area contributed by atoms with Crippen LogP contribution in [0.5, 0.6) is 0 Å². The minimum atomic E-state index is 0.695. The Labute approximate surface area is 49.5 Å². The lowest BCUT2D eigenvalue weighted by molar-refractivity contribution is -0.177. The standard InChI is InChI=1S/C4H13N3O/c1-3-4-8-7(2)6-5/h6H,3-5H2,1-2H3. The van der Waals surface area contributed by atoms with Crippen LogP contribution in [0.25, 0.3) is 0 Å². The first-order valence-corrected chi connectivity index (χ1v) is 2.64. The van der Waals surface area contributed by atoms with Crippen molar-refractivity contribution in [3.05, 3.63) is 0 Å². The minimum absolute atomic E-state index is 0.695. The van der Waals surface area contributed by atoms with Gasteiger partial charge in [-0.1, -0.05) is 6.92 Å². The van der Waals surface area contributed by atoms with E-state index in [0.29, 0.717) is 6.61 Å². The van der Waals surface area contributed by atoms with Gasteiger partial charge in [-0.25, -0.2) is 0 Å². The summed E-state index contributed by atoms with van der Waals surface area (Å²) in [6.45, 7) is 2.73. The average molecular weight is 119 g/mol. The molecule has 4 heteroatoms. The van der Waals surface area contributed by atoms with Crippen LogP contribution >= 0.6 is 0 Å². The van der Waals surface area contributed by atoms with Crippen LogP contribution in [0.1, 0.15) is 13.3 Å². The molecule has 0 aliphatic rings. The molecule has 0 heterocycles. The number of hydrogen-bond donors (Lipinski definition) is 2. The van der Waals surface area contributed by atoms with Gasteiger partial charge in [0.15, 0.2) is 0 Å². The van der Waals surface area contributed by atoms with Crippen LogP contribution in [0.4, 0.5) is 0 Å². The second-order valence-electron chi connectivity index (χ2n) is 1.46. The number of nitrogens with one attached hydrogen (secondary N) is 1. The van der Waals surface area contributed by atoms with Crippen LogP contribution in [-0.4, -0.2) is 18.8 Å². The summed E-state index contributed by atoms with van der Waals surface area (Å²) in [5, 5.41) is 1.36. The molecule has 0 aromatic carbocycles. The predicted molar refractivity (Wildman–Crippen MR) is 31.3 cm³/mol. The highest BCUT2D eigenvalue weighted by Gasteiger charge is 1.88. The fourth-order valence-corrected chi connectivity index (χ4v) is 0.265. The van der Waals surface area contributed by atoms with Gasteiger partial charge in [-0.15, -0.1) is 5.17 Å². The number of rotatable bonds is 4. The number of hydrogen-bond acceptors (Lipinski definition) is 4. The number of nitrogens with zero attached hydrogens (tertiary/aromatic N) is 1. The topological polar surface area (TPSA) is 50.5 Å². The van der Waals surface area contributed by atoms with Crippen LogP contribution in [0.15, 0.2) is 0 Å². The molecular formula is C4H13N3O. The van der Waals surface area contributed by atoms with Gasteiger partial charge >= 0.3 is 0 Å². The van der Waals surface area contributed by atoms with Gasteiger partial charge in [-0.2, -0.15) is 5.53 Å². The van der Waals surface area contributed by atoms with Crippen molar-refractivity contribution in [1.82, 2.24) is 10.7 Å². The van der Waals surface area contributed by atoms with Gasteiger partial charge in [0, 0.05) is 7.05 Å². The van der Waals surface area contributed by atoms with E-state index < -0.39 is 0 Å². The van der Waals surface area contributed by atoms with Gasteiger partial charge < -0.3 is 0 Å². The van der Waals surface area contributed by atoms with Gasteiger partial charge in [0.25, 0.3) is 0 Å². The van der Waals surface area contributed by atoms with Gasteiger partial charge in [0.2, 0.25) is 0 Å². The van der Waals surface area contributed by atoms with Crippen molar-refractivity contribution < 1.29 is 4.84 Å². The Kier molecular flexibility index (Phi) is 4.89. The second kappa shape index (κ2) is 4.99. The Morgan fingerprint density at radius 1 is 1.75 bits per heavy atom. The van der Waals surface area contributed by atoms with E-state index in [9.17, 15) is 0 Å². The highest BCUT2D eigenvalue weighted by atomic mass is 16.7. The van der Waals surface area contributed by atoms with Crippen LogP contribution in [0.3, 0.4) is 0 Å². The molecule has 0 aromatic heterocycles. The second-order valence-corrected chi connectivity index (χ2v) is 1.46. The van der Waals surface area contributed by atoms with E-state index in [0.717, 1.165) is 6.42 Å². The third-order valence-electron chi connectivity index (χ3n) is 0.671. The lowest BCUT2D eigenvalue weighted by atomic mass is 10.5. The van der Waals surface area contributed by atoms with Gasteiger partial charge in [0.1, 0.15) is 0 Å². The Morgan fingerprint density at radius 2 is 2.38 bits per heavy atom. The zero-order valence-corrected chi connectivity index (χ0v) is 5.35. The first-order chi connectivity index (χ1) is 3.81. The van der Waals surface area contributed by atoms with Gasteiger partial charge in [-0.3, -0.25) is 10.7 Å². The smallest absolute Gasteiger partial charge is 0.0699 e. The maximum absolute atomic E-state index is 4.96. The Morgan fingerprint density at radius 3 is 2.75 bits per heavy atom. The number of hydroxylamine groups is 1. The molecule has 0 spiro atoms. The lowest BCUT2D eigenvalue weighted by Crippen LogP contribution is -2.39. The average Bonchev–Trinajstić information content (AvgIpc) is 1.83. The molecular weight excluding hydrogens is 106 g/mol. The van der Waals surface area contributed by atoms with Crippen molar-refractivity contribution in [3.63, 3.8) is 0 Å². The molecule has 0 amide bonds. The fourth-order valence-electron chi connectivity index (χ4n) is 0.265. The summed E-state index contributed by atoms with van der Waals surface area (Å²) in [5.41, 5.74) is 2.31. The highest BCUT2D eigenvalue weighted by Crippen LogP contribution is 1.79. The molecule has 0 radical (unpaired) electrons. The van der Waals surface area contributed by atoms with E-state index in [1.54, 1.807) is 7.05 Å². The Hall–Kier alpha value is -0.160. The molecule has 3 N–H and O–H groups in total. The zero-order chi connectivity index (χ0) is 6.41. The van der Waals surface area contributed by atoms with Gasteiger partial charge in [0.05, 0.1) is 6.61 Å². The molecule has 4 nitrogen and oxygen atoms in total. The largest absolute Gasteiger partial charge is 0.283 e. The third kappa shape index (κ3) is 4.01. The highest BCUT2D eigenvalue weighted by molar-refractivity contribution is 4.18. The van der Waals surface area contributed by atoms with E-state index >= 15 is 0 Å².